The number of sulfonamides is 1. The molecule has 140 valence electrons. The van der Waals surface area contributed by atoms with Crippen LogP contribution in [-0.4, -0.2) is 40.8 Å². The molecule has 1 amide bonds. The first-order valence-corrected chi connectivity index (χ1v) is 9.43. The molecule has 0 bridgehead atoms. The zero-order valence-electron chi connectivity index (χ0n) is 14.2. The molecular weight excluding hydrogens is 366 g/mol. The number of halogens is 2. The van der Waals surface area contributed by atoms with Crippen LogP contribution in [0.1, 0.15) is 10.4 Å². The van der Waals surface area contributed by atoms with Crippen molar-refractivity contribution in [2.24, 2.45) is 0 Å². The van der Waals surface area contributed by atoms with E-state index in [1.54, 1.807) is 24.3 Å². The minimum Gasteiger partial charge on any atom is -0.495 e. The van der Waals surface area contributed by atoms with Gasteiger partial charge in [-0.05, 0) is 30.3 Å². The van der Waals surface area contributed by atoms with Gasteiger partial charge in [0.1, 0.15) is 5.75 Å². The molecule has 0 aromatic heterocycles. The van der Waals surface area contributed by atoms with E-state index in [1.165, 1.54) is 7.11 Å². The molecule has 0 radical (unpaired) electrons. The number of carbonyl (C=O) groups excluding carboxylic acids is 1. The maximum absolute atomic E-state index is 13.2. The van der Waals surface area contributed by atoms with Gasteiger partial charge in [-0.1, -0.05) is 12.1 Å². The van der Waals surface area contributed by atoms with E-state index in [1.807, 2.05) is 0 Å². The lowest BCUT2D eigenvalue weighted by Crippen LogP contribution is -2.38. The Morgan fingerprint density at radius 2 is 1.85 bits per heavy atom. The third kappa shape index (κ3) is 4.69. The van der Waals surface area contributed by atoms with Gasteiger partial charge in [-0.25, -0.2) is 17.2 Å². The van der Waals surface area contributed by atoms with Crippen LogP contribution in [0.25, 0.3) is 0 Å². The van der Waals surface area contributed by atoms with E-state index in [2.05, 4.69) is 5.32 Å². The van der Waals surface area contributed by atoms with Gasteiger partial charge in [0.2, 0.25) is 10.0 Å². The third-order valence-corrected chi connectivity index (χ3v) is 4.72. The van der Waals surface area contributed by atoms with Crippen molar-refractivity contribution >= 4 is 21.6 Å². The number of ether oxygens (including phenoxy) is 1. The summed E-state index contributed by atoms with van der Waals surface area (Å²) in [7, 11) is -2.21. The van der Waals surface area contributed by atoms with E-state index in [9.17, 15) is 22.0 Å². The van der Waals surface area contributed by atoms with Crippen molar-refractivity contribution in [2.45, 2.75) is 0 Å². The average Bonchev–Trinajstić information content (AvgIpc) is 2.59. The third-order valence-electron chi connectivity index (χ3n) is 3.54. The van der Waals surface area contributed by atoms with Crippen LogP contribution in [0.3, 0.4) is 0 Å². The van der Waals surface area contributed by atoms with Gasteiger partial charge in [0, 0.05) is 12.1 Å². The first kappa shape index (κ1) is 19.6. The molecule has 0 aliphatic heterocycles. The zero-order chi connectivity index (χ0) is 19.3. The maximum Gasteiger partial charge on any atom is 0.251 e. The number of hydrogen-bond donors (Lipinski definition) is 1. The van der Waals surface area contributed by atoms with Gasteiger partial charge in [-0.3, -0.25) is 9.10 Å². The van der Waals surface area contributed by atoms with Crippen molar-refractivity contribution in [1.82, 2.24) is 5.32 Å². The molecule has 0 aliphatic rings. The topological polar surface area (TPSA) is 75.7 Å². The first-order valence-electron chi connectivity index (χ1n) is 7.58. The van der Waals surface area contributed by atoms with Crippen LogP contribution in [0.5, 0.6) is 5.75 Å². The molecule has 2 aromatic rings. The molecular formula is C17H18F2N2O4S. The summed E-state index contributed by atoms with van der Waals surface area (Å²) in [6.07, 6.45) is 1.04. The molecule has 0 saturated carbocycles. The van der Waals surface area contributed by atoms with Gasteiger partial charge < -0.3 is 10.1 Å². The van der Waals surface area contributed by atoms with Crippen LogP contribution in [-0.2, 0) is 10.0 Å². The molecule has 0 fully saturated rings. The fourth-order valence-corrected chi connectivity index (χ4v) is 3.24. The van der Waals surface area contributed by atoms with Crippen molar-refractivity contribution in [3.8, 4) is 5.75 Å². The van der Waals surface area contributed by atoms with Crippen LogP contribution in [0.15, 0.2) is 42.5 Å². The number of para-hydroxylation sites is 2. The number of methoxy groups -OCH3 is 1. The van der Waals surface area contributed by atoms with E-state index in [0.717, 1.165) is 28.8 Å². The summed E-state index contributed by atoms with van der Waals surface area (Å²) in [4.78, 5) is 12.0. The quantitative estimate of drug-likeness (QED) is 0.794. The Morgan fingerprint density at radius 1 is 1.15 bits per heavy atom. The number of carbonyl (C=O) groups is 1. The first-order chi connectivity index (χ1) is 12.2. The van der Waals surface area contributed by atoms with Crippen LogP contribution in [0.2, 0.25) is 0 Å². The SMILES string of the molecule is COc1ccccc1N(CCNC(=O)c1ccc(F)c(F)c1)S(C)(=O)=O. The van der Waals surface area contributed by atoms with Crippen LogP contribution in [0, 0.1) is 11.6 Å². The van der Waals surface area contributed by atoms with E-state index < -0.39 is 27.6 Å². The number of anilines is 1. The van der Waals surface area contributed by atoms with Gasteiger partial charge in [-0.2, -0.15) is 0 Å². The Labute approximate surface area is 150 Å². The smallest absolute Gasteiger partial charge is 0.251 e. The van der Waals surface area contributed by atoms with Crippen molar-refractivity contribution in [2.75, 3.05) is 30.8 Å². The number of amides is 1. The summed E-state index contributed by atoms with van der Waals surface area (Å²) in [6, 6.07) is 9.33. The number of rotatable bonds is 7. The zero-order valence-corrected chi connectivity index (χ0v) is 15.0. The Balaban J connectivity index is 2.11. The minimum atomic E-state index is -3.63. The number of benzene rings is 2. The van der Waals surface area contributed by atoms with E-state index in [0.29, 0.717) is 11.4 Å². The van der Waals surface area contributed by atoms with Gasteiger partial charge in [-0.15, -0.1) is 0 Å². The Kier molecular flexibility index (Phi) is 6.14. The molecule has 0 unspecified atom stereocenters. The van der Waals surface area contributed by atoms with E-state index >= 15 is 0 Å². The molecule has 1 N–H and O–H groups in total. The molecule has 9 heteroatoms. The predicted octanol–water partition coefficient (Wildman–Crippen LogP) is 2.17. The summed E-state index contributed by atoms with van der Waals surface area (Å²) in [5.41, 5.74) is 0.270. The van der Waals surface area contributed by atoms with Crippen molar-refractivity contribution in [3.63, 3.8) is 0 Å². The summed E-state index contributed by atoms with van der Waals surface area (Å²) in [6.45, 7) is -0.0996. The summed E-state index contributed by atoms with van der Waals surface area (Å²) in [5.74, 6) is -2.47. The minimum absolute atomic E-state index is 0.0387. The largest absolute Gasteiger partial charge is 0.495 e. The van der Waals surface area contributed by atoms with Crippen LogP contribution < -0.4 is 14.4 Å². The fourth-order valence-electron chi connectivity index (χ4n) is 2.31. The Morgan fingerprint density at radius 3 is 2.46 bits per heavy atom. The Bertz CT molecular complexity index is 903. The second-order valence-electron chi connectivity index (χ2n) is 5.39. The normalized spacial score (nSPS) is 11.1. The second-order valence-corrected chi connectivity index (χ2v) is 7.30. The van der Waals surface area contributed by atoms with Gasteiger partial charge >= 0.3 is 0 Å². The second kappa shape index (κ2) is 8.13. The van der Waals surface area contributed by atoms with Gasteiger partial charge in [0.25, 0.3) is 5.91 Å². The highest BCUT2D eigenvalue weighted by Crippen LogP contribution is 2.29. The highest BCUT2D eigenvalue weighted by atomic mass is 32.2. The van der Waals surface area contributed by atoms with E-state index in [4.69, 9.17) is 4.74 Å². The van der Waals surface area contributed by atoms with Gasteiger partial charge in [0.05, 0.1) is 25.6 Å². The molecule has 0 aliphatic carbocycles. The summed E-state index contributed by atoms with van der Waals surface area (Å²) < 4.78 is 56.6. The standard InChI is InChI=1S/C17H18F2N2O4S/c1-25-16-6-4-3-5-15(16)21(26(2,23)24)10-9-20-17(22)12-7-8-13(18)14(19)11-12/h3-8,11H,9-10H2,1-2H3,(H,20,22). The highest BCUT2D eigenvalue weighted by Gasteiger charge is 2.21. The molecule has 6 nitrogen and oxygen atoms in total. The maximum atomic E-state index is 13.2. The fraction of sp³-hybridized carbons (Fsp3) is 0.235. The monoisotopic (exact) mass is 384 g/mol. The van der Waals surface area contributed by atoms with Crippen LogP contribution >= 0.6 is 0 Å². The lowest BCUT2D eigenvalue weighted by atomic mass is 10.2. The summed E-state index contributed by atoms with van der Waals surface area (Å²) in [5, 5.41) is 2.48. The van der Waals surface area contributed by atoms with Crippen molar-refractivity contribution in [3.05, 3.63) is 59.7 Å². The molecule has 26 heavy (non-hydrogen) atoms. The molecule has 2 aromatic carbocycles. The number of hydrogen-bond acceptors (Lipinski definition) is 4. The van der Waals surface area contributed by atoms with Crippen molar-refractivity contribution < 1.29 is 26.7 Å². The molecule has 2 rings (SSSR count). The van der Waals surface area contributed by atoms with Crippen LogP contribution in [0.4, 0.5) is 14.5 Å². The Hall–Kier alpha value is -2.68. The molecule has 0 saturated heterocycles. The van der Waals surface area contributed by atoms with Crippen molar-refractivity contribution in [1.29, 1.82) is 0 Å². The highest BCUT2D eigenvalue weighted by molar-refractivity contribution is 7.92. The predicted molar refractivity (Wildman–Crippen MR) is 93.9 cm³/mol. The number of nitrogens with one attached hydrogen (secondary N) is 1. The summed E-state index contributed by atoms with van der Waals surface area (Å²) >= 11 is 0. The lowest BCUT2D eigenvalue weighted by molar-refractivity contribution is 0.0954. The number of nitrogens with zero attached hydrogens (tertiary/aromatic N) is 1. The molecule has 0 atom stereocenters. The van der Waals surface area contributed by atoms with E-state index in [-0.39, 0.29) is 18.7 Å². The average molecular weight is 384 g/mol. The molecule has 0 heterocycles. The lowest BCUT2D eigenvalue weighted by Gasteiger charge is -2.24. The van der Waals surface area contributed by atoms with Gasteiger partial charge in [0.15, 0.2) is 11.6 Å². The molecule has 0 spiro atoms.